The van der Waals surface area contributed by atoms with Gasteiger partial charge in [-0.25, -0.2) is 9.59 Å². The molecule has 0 radical (unpaired) electrons. The average Bonchev–Trinajstić information content (AvgIpc) is 2.89. The number of hydrogen-bond acceptors (Lipinski definition) is 6. The molecule has 1 aliphatic heterocycles. The molecule has 2 rings (SSSR count). The highest BCUT2D eigenvalue weighted by Gasteiger charge is 2.45. The van der Waals surface area contributed by atoms with Gasteiger partial charge in [-0.3, -0.25) is 4.79 Å². The Balaban J connectivity index is 2.14. The van der Waals surface area contributed by atoms with Crippen molar-refractivity contribution in [2.24, 2.45) is 5.41 Å². The van der Waals surface area contributed by atoms with Crippen LogP contribution >= 0.6 is 0 Å². The number of carbonyl (C=O) groups is 3. The first-order chi connectivity index (χ1) is 12.1. The fourth-order valence-corrected chi connectivity index (χ4v) is 2.38. The molecule has 0 spiro atoms. The lowest BCUT2D eigenvalue weighted by molar-refractivity contribution is -0.171. The van der Waals surface area contributed by atoms with E-state index in [1.807, 2.05) is 0 Å². The van der Waals surface area contributed by atoms with Crippen LogP contribution < -0.4 is 0 Å². The Morgan fingerprint density at radius 2 is 1.88 bits per heavy atom. The largest absolute Gasteiger partial charge is 0.478 e. The number of rotatable bonds is 5. The molecule has 1 fully saturated rings. The summed E-state index contributed by atoms with van der Waals surface area (Å²) in [7, 11) is 0. The fourth-order valence-electron chi connectivity index (χ4n) is 2.38. The maximum atomic E-state index is 12.1. The fraction of sp³-hybridized carbons (Fsp3) is 0.421. The maximum Gasteiger partial charge on any atom is 0.335 e. The van der Waals surface area contributed by atoms with Crippen LogP contribution in [0.15, 0.2) is 29.8 Å². The number of benzene rings is 1. The Hall–Kier alpha value is -2.67. The summed E-state index contributed by atoms with van der Waals surface area (Å²) in [5.74, 6) is -2.10. The summed E-state index contributed by atoms with van der Waals surface area (Å²) in [6, 6.07) is 6.00. The number of ether oxygens (including phenoxy) is 2. The van der Waals surface area contributed by atoms with E-state index in [4.69, 9.17) is 14.6 Å². The zero-order chi connectivity index (χ0) is 19.5. The first kappa shape index (κ1) is 19.7. The first-order valence-corrected chi connectivity index (χ1v) is 8.12. The number of aliphatic hydroxyl groups excluding tert-OH is 1. The van der Waals surface area contributed by atoms with Gasteiger partial charge in [-0.15, -0.1) is 0 Å². The molecule has 0 amide bonds. The molecule has 7 heteroatoms. The molecule has 1 saturated heterocycles. The molecule has 7 nitrogen and oxygen atoms in total. The van der Waals surface area contributed by atoms with Gasteiger partial charge in [0.2, 0.25) is 0 Å². The van der Waals surface area contributed by atoms with Crippen LogP contribution in [0.3, 0.4) is 0 Å². The number of aromatic carboxylic acids is 1. The smallest absolute Gasteiger partial charge is 0.335 e. The Bertz CT molecular complexity index is 740. The lowest BCUT2D eigenvalue weighted by atomic mass is 9.96. The molecule has 0 aliphatic carbocycles. The van der Waals surface area contributed by atoms with E-state index in [9.17, 15) is 19.5 Å². The predicted octanol–water partition coefficient (Wildman–Crippen LogP) is 2.04. The average molecular weight is 362 g/mol. The van der Waals surface area contributed by atoms with Gasteiger partial charge in [0.1, 0.15) is 6.61 Å². The summed E-state index contributed by atoms with van der Waals surface area (Å²) >= 11 is 0. The van der Waals surface area contributed by atoms with Gasteiger partial charge < -0.3 is 19.7 Å². The van der Waals surface area contributed by atoms with E-state index in [1.54, 1.807) is 39.0 Å². The third-order valence-electron chi connectivity index (χ3n) is 3.95. The van der Waals surface area contributed by atoms with Crippen molar-refractivity contribution in [1.29, 1.82) is 0 Å². The van der Waals surface area contributed by atoms with E-state index in [-0.39, 0.29) is 18.6 Å². The number of cyclic esters (lactones) is 1. The molecule has 0 saturated carbocycles. The molecule has 26 heavy (non-hydrogen) atoms. The van der Waals surface area contributed by atoms with Crippen molar-refractivity contribution in [3.63, 3.8) is 0 Å². The molecular formula is C19H22O7. The van der Waals surface area contributed by atoms with Gasteiger partial charge in [-0.2, -0.15) is 0 Å². The van der Waals surface area contributed by atoms with Gasteiger partial charge in [-0.1, -0.05) is 12.1 Å². The molecule has 0 aromatic heterocycles. The lowest BCUT2D eigenvalue weighted by Crippen LogP contribution is -2.40. The summed E-state index contributed by atoms with van der Waals surface area (Å²) in [6.07, 6.45) is 1.65. The van der Waals surface area contributed by atoms with Crippen LogP contribution in [0.1, 0.15) is 43.1 Å². The zero-order valence-electron chi connectivity index (χ0n) is 14.9. The van der Waals surface area contributed by atoms with Gasteiger partial charge >= 0.3 is 17.9 Å². The molecule has 0 bridgehead atoms. The summed E-state index contributed by atoms with van der Waals surface area (Å²) in [6.45, 7) is 4.39. The van der Waals surface area contributed by atoms with Crippen molar-refractivity contribution in [3.05, 3.63) is 41.0 Å². The molecule has 140 valence electrons. The highest BCUT2D eigenvalue weighted by Crippen LogP contribution is 2.33. The Kier molecular flexibility index (Phi) is 5.51. The number of carboxylic acid groups (broad SMARTS) is 1. The monoisotopic (exact) mass is 362 g/mol. The minimum absolute atomic E-state index is 0.0838. The van der Waals surface area contributed by atoms with Crippen LogP contribution in [-0.4, -0.2) is 46.9 Å². The highest BCUT2D eigenvalue weighted by atomic mass is 16.6. The van der Waals surface area contributed by atoms with Crippen molar-refractivity contribution in [1.82, 2.24) is 0 Å². The van der Waals surface area contributed by atoms with E-state index in [0.29, 0.717) is 11.1 Å². The normalized spacial score (nSPS) is 21.5. The highest BCUT2D eigenvalue weighted by molar-refractivity contribution is 5.96. The van der Waals surface area contributed by atoms with Crippen LogP contribution in [0.4, 0.5) is 0 Å². The molecular weight excluding hydrogens is 340 g/mol. The zero-order valence-corrected chi connectivity index (χ0v) is 14.9. The van der Waals surface area contributed by atoms with Gasteiger partial charge in [-0.05, 0) is 44.5 Å². The van der Waals surface area contributed by atoms with E-state index in [2.05, 4.69) is 0 Å². The second-order valence-corrected chi connectivity index (χ2v) is 7.33. The van der Waals surface area contributed by atoms with Crippen molar-refractivity contribution in [2.75, 3.05) is 13.2 Å². The van der Waals surface area contributed by atoms with Crippen LogP contribution in [0.25, 0.3) is 6.08 Å². The third kappa shape index (κ3) is 4.49. The van der Waals surface area contributed by atoms with E-state index >= 15 is 0 Å². The van der Waals surface area contributed by atoms with E-state index in [1.165, 1.54) is 12.1 Å². The SMILES string of the molecule is CC(C)(C)C(=O)OCC1(CO)C/C(=C\c2ccc(C(=O)O)cc2)C(=O)O1. The van der Waals surface area contributed by atoms with Gasteiger partial charge in [0, 0.05) is 12.0 Å². The van der Waals surface area contributed by atoms with E-state index < -0.39 is 35.5 Å². The minimum Gasteiger partial charge on any atom is -0.478 e. The second kappa shape index (κ2) is 7.29. The van der Waals surface area contributed by atoms with Crippen molar-refractivity contribution < 1.29 is 34.1 Å². The molecule has 1 atom stereocenters. The molecule has 1 aromatic carbocycles. The summed E-state index contributed by atoms with van der Waals surface area (Å²) in [5, 5.41) is 18.6. The minimum atomic E-state index is -1.30. The molecule has 2 N–H and O–H groups in total. The number of hydrogen-bond donors (Lipinski definition) is 2. The third-order valence-corrected chi connectivity index (χ3v) is 3.95. The lowest BCUT2D eigenvalue weighted by Gasteiger charge is -2.26. The van der Waals surface area contributed by atoms with Crippen molar-refractivity contribution in [2.45, 2.75) is 32.8 Å². The Labute approximate surface area is 151 Å². The summed E-state index contributed by atoms with van der Waals surface area (Å²) in [5.41, 5.74) is -0.925. The predicted molar refractivity (Wildman–Crippen MR) is 92.3 cm³/mol. The molecule has 1 unspecified atom stereocenters. The molecule has 1 aromatic rings. The first-order valence-electron chi connectivity index (χ1n) is 8.12. The van der Waals surface area contributed by atoms with Crippen molar-refractivity contribution in [3.8, 4) is 0 Å². The quantitative estimate of drug-likeness (QED) is 0.609. The Morgan fingerprint density at radius 1 is 1.27 bits per heavy atom. The van der Waals surface area contributed by atoms with Gasteiger partial charge in [0.15, 0.2) is 5.60 Å². The van der Waals surface area contributed by atoms with Crippen molar-refractivity contribution >= 4 is 24.0 Å². The van der Waals surface area contributed by atoms with Gasteiger partial charge in [0.25, 0.3) is 0 Å². The van der Waals surface area contributed by atoms with Gasteiger partial charge in [0.05, 0.1) is 17.6 Å². The number of aliphatic hydroxyl groups is 1. The summed E-state index contributed by atoms with van der Waals surface area (Å²) < 4.78 is 10.5. The Morgan fingerprint density at radius 3 is 2.38 bits per heavy atom. The second-order valence-electron chi connectivity index (χ2n) is 7.33. The summed E-state index contributed by atoms with van der Waals surface area (Å²) in [4.78, 5) is 34.9. The number of esters is 2. The van der Waals surface area contributed by atoms with E-state index in [0.717, 1.165) is 0 Å². The molecule has 1 aliphatic rings. The van der Waals surface area contributed by atoms with Crippen LogP contribution in [-0.2, 0) is 19.1 Å². The molecule has 1 heterocycles. The van der Waals surface area contributed by atoms with Crippen LogP contribution in [0.5, 0.6) is 0 Å². The number of carboxylic acids is 1. The van der Waals surface area contributed by atoms with Crippen LogP contribution in [0, 0.1) is 5.41 Å². The standard InChI is InChI=1S/C19H22O7/c1-18(2,3)17(24)25-11-19(10-20)9-14(16(23)26-19)8-12-4-6-13(7-5-12)15(21)22/h4-8,20H,9-11H2,1-3H3,(H,21,22)/b14-8+. The number of carbonyl (C=O) groups excluding carboxylic acids is 2. The van der Waals surface area contributed by atoms with Crippen LogP contribution in [0.2, 0.25) is 0 Å². The topological polar surface area (TPSA) is 110 Å². The maximum absolute atomic E-state index is 12.1.